The average molecular weight is 210 g/mol. The molecule has 0 aromatic heterocycles. The Hall–Kier alpha value is -0.570. The zero-order valence-corrected chi connectivity index (χ0v) is 9.64. The molecule has 2 aliphatic rings. The second kappa shape index (κ2) is 4.52. The molecule has 86 valence electrons. The molecule has 0 bridgehead atoms. The van der Waals surface area contributed by atoms with Crippen LogP contribution in [0.15, 0.2) is 0 Å². The predicted octanol–water partition coefficient (Wildman–Crippen LogP) is 1.58. The Balaban J connectivity index is 1.80. The number of nitrogens with one attached hydrogen (secondary N) is 2. The molecule has 1 aliphatic heterocycles. The number of piperidine rings is 1. The highest BCUT2D eigenvalue weighted by Crippen LogP contribution is 2.38. The third-order valence-corrected chi connectivity index (χ3v) is 3.78. The molecular formula is C12H22N2O. The van der Waals surface area contributed by atoms with Gasteiger partial charge in [0.25, 0.3) is 0 Å². The van der Waals surface area contributed by atoms with Crippen molar-refractivity contribution >= 4 is 5.91 Å². The van der Waals surface area contributed by atoms with E-state index in [1.54, 1.807) is 0 Å². The predicted molar refractivity (Wildman–Crippen MR) is 60.7 cm³/mol. The molecule has 2 fully saturated rings. The maximum Gasteiger partial charge on any atom is 0.220 e. The quantitative estimate of drug-likeness (QED) is 0.742. The molecule has 1 atom stereocenters. The van der Waals surface area contributed by atoms with E-state index in [2.05, 4.69) is 17.6 Å². The van der Waals surface area contributed by atoms with Crippen molar-refractivity contribution < 1.29 is 4.79 Å². The lowest BCUT2D eigenvalue weighted by molar-refractivity contribution is -0.122. The SMILES string of the molecule is CCCC(=O)N[C@@H]1CCNC2(CCC2)C1. The van der Waals surface area contributed by atoms with Gasteiger partial charge in [0.15, 0.2) is 0 Å². The van der Waals surface area contributed by atoms with Crippen LogP contribution in [0.5, 0.6) is 0 Å². The summed E-state index contributed by atoms with van der Waals surface area (Å²) in [5.41, 5.74) is 0.391. The summed E-state index contributed by atoms with van der Waals surface area (Å²) in [7, 11) is 0. The number of carbonyl (C=O) groups is 1. The van der Waals surface area contributed by atoms with Gasteiger partial charge in [-0.1, -0.05) is 6.92 Å². The first-order valence-electron chi connectivity index (χ1n) is 6.28. The minimum atomic E-state index is 0.235. The number of carbonyl (C=O) groups excluding carboxylic acids is 1. The first kappa shape index (κ1) is 10.9. The van der Waals surface area contributed by atoms with E-state index in [0.29, 0.717) is 18.0 Å². The van der Waals surface area contributed by atoms with Crippen molar-refractivity contribution in [2.45, 2.75) is 63.5 Å². The highest BCUT2D eigenvalue weighted by atomic mass is 16.1. The second-order valence-corrected chi connectivity index (χ2v) is 5.07. The van der Waals surface area contributed by atoms with E-state index in [4.69, 9.17) is 0 Å². The lowest BCUT2D eigenvalue weighted by Gasteiger charge is -2.48. The van der Waals surface area contributed by atoms with Crippen molar-refractivity contribution in [2.24, 2.45) is 0 Å². The zero-order chi connectivity index (χ0) is 10.7. The Bertz CT molecular complexity index is 236. The van der Waals surface area contributed by atoms with E-state index in [-0.39, 0.29) is 5.91 Å². The Labute approximate surface area is 92.0 Å². The van der Waals surface area contributed by atoms with Gasteiger partial charge in [0.2, 0.25) is 5.91 Å². The van der Waals surface area contributed by atoms with Crippen molar-refractivity contribution in [3.05, 3.63) is 0 Å². The molecule has 2 N–H and O–H groups in total. The molecule has 0 unspecified atom stereocenters. The maximum atomic E-state index is 11.5. The van der Waals surface area contributed by atoms with Crippen LogP contribution in [0.4, 0.5) is 0 Å². The van der Waals surface area contributed by atoms with Crippen LogP contribution in [0.1, 0.15) is 51.9 Å². The number of amides is 1. The van der Waals surface area contributed by atoms with Crippen LogP contribution in [0.3, 0.4) is 0 Å². The van der Waals surface area contributed by atoms with Gasteiger partial charge in [-0.15, -0.1) is 0 Å². The fourth-order valence-electron chi connectivity index (χ4n) is 2.79. The molecule has 1 heterocycles. The van der Waals surface area contributed by atoms with E-state index in [0.717, 1.165) is 25.8 Å². The molecule has 3 nitrogen and oxygen atoms in total. The van der Waals surface area contributed by atoms with Crippen molar-refractivity contribution in [3.63, 3.8) is 0 Å². The topological polar surface area (TPSA) is 41.1 Å². The van der Waals surface area contributed by atoms with Crippen molar-refractivity contribution in [1.82, 2.24) is 10.6 Å². The number of rotatable bonds is 3. The highest BCUT2D eigenvalue weighted by molar-refractivity contribution is 5.76. The van der Waals surface area contributed by atoms with Gasteiger partial charge in [-0.25, -0.2) is 0 Å². The highest BCUT2D eigenvalue weighted by Gasteiger charge is 2.40. The van der Waals surface area contributed by atoms with Gasteiger partial charge in [-0.3, -0.25) is 4.79 Å². The fourth-order valence-corrected chi connectivity index (χ4v) is 2.79. The van der Waals surface area contributed by atoms with E-state index in [1.807, 2.05) is 0 Å². The van der Waals surface area contributed by atoms with Crippen molar-refractivity contribution in [1.29, 1.82) is 0 Å². The summed E-state index contributed by atoms with van der Waals surface area (Å²) < 4.78 is 0. The third-order valence-electron chi connectivity index (χ3n) is 3.78. The van der Waals surface area contributed by atoms with Crippen LogP contribution < -0.4 is 10.6 Å². The Kier molecular flexibility index (Phi) is 3.29. The standard InChI is InChI=1S/C12H22N2O/c1-2-4-11(15)14-10-5-8-13-12(9-10)6-3-7-12/h10,13H,2-9H2,1H3,(H,14,15)/t10-/m1/s1. The monoisotopic (exact) mass is 210 g/mol. The maximum absolute atomic E-state index is 11.5. The zero-order valence-electron chi connectivity index (χ0n) is 9.64. The van der Waals surface area contributed by atoms with Gasteiger partial charge in [0, 0.05) is 18.0 Å². The molecule has 0 aromatic rings. The minimum Gasteiger partial charge on any atom is -0.353 e. The van der Waals surface area contributed by atoms with Crippen LogP contribution in [0.2, 0.25) is 0 Å². The normalized spacial score (nSPS) is 28.5. The molecule has 3 heteroatoms. The van der Waals surface area contributed by atoms with E-state index in [9.17, 15) is 4.79 Å². The Morgan fingerprint density at radius 2 is 2.33 bits per heavy atom. The Morgan fingerprint density at radius 3 is 2.93 bits per heavy atom. The smallest absolute Gasteiger partial charge is 0.220 e. The van der Waals surface area contributed by atoms with Crippen LogP contribution in [0, 0.1) is 0 Å². The molecule has 1 aliphatic carbocycles. The largest absolute Gasteiger partial charge is 0.353 e. The summed E-state index contributed by atoms with van der Waals surface area (Å²) in [6.07, 6.45) is 7.81. The van der Waals surface area contributed by atoms with Gasteiger partial charge in [0.1, 0.15) is 0 Å². The van der Waals surface area contributed by atoms with Gasteiger partial charge in [-0.05, 0) is 45.1 Å². The molecule has 1 spiro atoms. The summed E-state index contributed by atoms with van der Waals surface area (Å²) >= 11 is 0. The van der Waals surface area contributed by atoms with Crippen LogP contribution >= 0.6 is 0 Å². The first-order valence-corrected chi connectivity index (χ1v) is 6.28. The Morgan fingerprint density at radius 1 is 1.53 bits per heavy atom. The number of hydrogen-bond acceptors (Lipinski definition) is 2. The molecule has 2 rings (SSSR count). The molecular weight excluding hydrogens is 188 g/mol. The van der Waals surface area contributed by atoms with Crippen LogP contribution in [0.25, 0.3) is 0 Å². The number of hydrogen-bond donors (Lipinski definition) is 2. The van der Waals surface area contributed by atoms with Gasteiger partial charge >= 0.3 is 0 Å². The molecule has 1 saturated heterocycles. The average Bonchev–Trinajstić information content (AvgIpc) is 2.16. The summed E-state index contributed by atoms with van der Waals surface area (Å²) in [6.45, 7) is 3.12. The molecule has 0 radical (unpaired) electrons. The van der Waals surface area contributed by atoms with Crippen molar-refractivity contribution in [2.75, 3.05) is 6.54 Å². The second-order valence-electron chi connectivity index (χ2n) is 5.07. The van der Waals surface area contributed by atoms with Gasteiger partial charge in [-0.2, -0.15) is 0 Å². The van der Waals surface area contributed by atoms with E-state index >= 15 is 0 Å². The molecule has 15 heavy (non-hydrogen) atoms. The summed E-state index contributed by atoms with van der Waals surface area (Å²) in [5, 5.41) is 6.78. The summed E-state index contributed by atoms with van der Waals surface area (Å²) in [5.74, 6) is 0.235. The van der Waals surface area contributed by atoms with Gasteiger partial charge < -0.3 is 10.6 Å². The van der Waals surface area contributed by atoms with Gasteiger partial charge in [0.05, 0.1) is 0 Å². The van der Waals surface area contributed by atoms with E-state index < -0.39 is 0 Å². The first-order chi connectivity index (χ1) is 7.24. The third kappa shape index (κ3) is 2.51. The lowest BCUT2D eigenvalue weighted by Crippen LogP contribution is -2.59. The molecule has 1 amide bonds. The minimum absolute atomic E-state index is 0.235. The molecule has 1 saturated carbocycles. The molecule has 0 aromatic carbocycles. The van der Waals surface area contributed by atoms with Crippen LogP contribution in [-0.4, -0.2) is 24.0 Å². The summed E-state index contributed by atoms with van der Waals surface area (Å²) in [6, 6.07) is 0.422. The summed E-state index contributed by atoms with van der Waals surface area (Å²) in [4.78, 5) is 11.5. The fraction of sp³-hybridized carbons (Fsp3) is 0.917. The van der Waals surface area contributed by atoms with Crippen molar-refractivity contribution in [3.8, 4) is 0 Å². The van der Waals surface area contributed by atoms with Crippen LogP contribution in [-0.2, 0) is 4.79 Å². The van der Waals surface area contributed by atoms with E-state index in [1.165, 1.54) is 19.3 Å². The lowest BCUT2D eigenvalue weighted by atomic mass is 9.70.